The highest BCUT2D eigenvalue weighted by Gasteiger charge is 2.23. The first kappa shape index (κ1) is 20.2. The van der Waals surface area contributed by atoms with Crippen LogP contribution in [0.25, 0.3) is 0 Å². The van der Waals surface area contributed by atoms with Crippen LogP contribution in [0, 0.1) is 5.92 Å². The molecule has 0 saturated carbocycles. The maximum atomic E-state index is 10.6. The van der Waals surface area contributed by atoms with Crippen LogP contribution in [0.3, 0.4) is 0 Å². The molecule has 0 aromatic carbocycles. The minimum absolute atomic E-state index is 0.355. The number of guanidine groups is 1. The Bertz CT molecular complexity index is 508. The maximum Gasteiger partial charge on any atom is 0.191 e. The van der Waals surface area contributed by atoms with Crippen molar-refractivity contribution in [3.63, 3.8) is 0 Å². The van der Waals surface area contributed by atoms with Crippen molar-refractivity contribution >= 4 is 17.3 Å². The van der Waals surface area contributed by atoms with E-state index < -0.39 is 5.60 Å². The van der Waals surface area contributed by atoms with E-state index in [0.717, 1.165) is 30.5 Å². The fraction of sp³-hybridized carbons (Fsp3) is 0.737. The predicted molar refractivity (Wildman–Crippen MR) is 107 cm³/mol. The second-order valence-corrected chi connectivity index (χ2v) is 7.85. The average molecular weight is 367 g/mol. The van der Waals surface area contributed by atoms with Crippen molar-refractivity contribution in [2.75, 3.05) is 39.3 Å². The highest BCUT2D eigenvalue weighted by molar-refractivity contribution is 7.08. The Kier molecular flexibility index (Phi) is 8.19. The number of rotatable bonds is 8. The fourth-order valence-electron chi connectivity index (χ4n) is 3.22. The second kappa shape index (κ2) is 10.1. The molecule has 1 aromatic rings. The number of nitrogens with zero attached hydrogens (tertiary/aromatic N) is 2. The molecular weight excluding hydrogens is 332 g/mol. The molecule has 0 radical (unpaired) electrons. The van der Waals surface area contributed by atoms with Gasteiger partial charge >= 0.3 is 0 Å². The molecule has 2 rings (SSSR count). The van der Waals surface area contributed by atoms with E-state index in [-0.39, 0.29) is 0 Å². The summed E-state index contributed by atoms with van der Waals surface area (Å²) in [5.41, 5.74) is 0.00906. The number of hydrogen-bond acceptors (Lipinski definition) is 4. The van der Waals surface area contributed by atoms with E-state index in [2.05, 4.69) is 34.4 Å². The summed E-state index contributed by atoms with van der Waals surface area (Å²) in [6.45, 7) is 11.9. The predicted octanol–water partition coefficient (Wildman–Crippen LogP) is 2.63. The quantitative estimate of drug-likeness (QED) is 0.489. The zero-order chi connectivity index (χ0) is 18.1. The van der Waals surface area contributed by atoms with Crippen molar-refractivity contribution in [3.8, 4) is 0 Å². The van der Waals surface area contributed by atoms with Crippen LogP contribution in [-0.4, -0.2) is 55.2 Å². The van der Waals surface area contributed by atoms with Gasteiger partial charge in [-0.3, -0.25) is 0 Å². The Morgan fingerprint density at radius 1 is 1.36 bits per heavy atom. The molecule has 1 atom stereocenters. The van der Waals surface area contributed by atoms with Crippen molar-refractivity contribution in [1.29, 1.82) is 0 Å². The standard InChI is InChI=1S/C19H34N4OS/c1-4-20-18(22-15-19(3,24)17-9-13-25-14-17)21-10-6-16-7-11-23(5-2)12-8-16/h9,13-14,16,24H,4-8,10-12,15H2,1-3H3,(H2,20,21,22). The molecule has 5 nitrogen and oxygen atoms in total. The van der Waals surface area contributed by atoms with E-state index in [1.165, 1.54) is 38.9 Å². The highest BCUT2D eigenvalue weighted by Crippen LogP contribution is 2.23. The van der Waals surface area contributed by atoms with Gasteiger partial charge in [0.2, 0.25) is 0 Å². The van der Waals surface area contributed by atoms with Crippen LogP contribution >= 0.6 is 11.3 Å². The number of aliphatic hydroxyl groups is 1. The van der Waals surface area contributed by atoms with Gasteiger partial charge in [0.25, 0.3) is 0 Å². The summed E-state index contributed by atoms with van der Waals surface area (Å²) >= 11 is 1.60. The summed E-state index contributed by atoms with van der Waals surface area (Å²) in [4.78, 5) is 7.12. The van der Waals surface area contributed by atoms with Crippen LogP contribution in [-0.2, 0) is 5.60 Å². The topological polar surface area (TPSA) is 59.9 Å². The van der Waals surface area contributed by atoms with Gasteiger partial charge in [0.15, 0.2) is 5.96 Å². The average Bonchev–Trinajstić information content (AvgIpc) is 3.16. The van der Waals surface area contributed by atoms with Gasteiger partial charge in [0, 0.05) is 13.1 Å². The normalized spacial score (nSPS) is 19.6. The van der Waals surface area contributed by atoms with E-state index in [4.69, 9.17) is 0 Å². The number of piperidine rings is 1. The lowest BCUT2D eigenvalue weighted by molar-refractivity contribution is 0.0677. The molecule has 1 unspecified atom stereocenters. The lowest BCUT2D eigenvalue weighted by Crippen LogP contribution is -2.40. The van der Waals surface area contributed by atoms with Gasteiger partial charge < -0.3 is 20.6 Å². The highest BCUT2D eigenvalue weighted by atomic mass is 32.1. The molecule has 6 heteroatoms. The van der Waals surface area contributed by atoms with Gasteiger partial charge in [-0.15, -0.1) is 0 Å². The summed E-state index contributed by atoms with van der Waals surface area (Å²) in [6, 6.07) is 1.96. The number of nitrogens with one attached hydrogen (secondary N) is 2. The van der Waals surface area contributed by atoms with Crippen molar-refractivity contribution in [2.24, 2.45) is 10.9 Å². The van der Waals surface area contributed by atoms with Crippen molar-refractivity contribution in [2.45, 2.75) is 45.6 Å². The van der Waals surface area contributed by atoms with E-state index in [1.54, 1.807) is 11.3 Å². The van der Waals surface area contributed by atoms with Gasteiger partial charge in [-0.2, -0.15) is 11.3 Å². The summed E-state index contributed by atoms with van der Waals surface area (Å²) in [7, 11) is 0. The number of likely N-dealkylation sites (tertiary alicyclic amines) is 1. The monoisotopic (exact) mass is 366 g/mol. The molecule has 0 amide bonds. The third kappa shape index (κ3) is 6.60. The van der Waals surface area contributed by atoms with E-state index in [1.807, 2.05) is 23.8 Å². The summed E-state index contributed by atoms with van der Waals surface area (Å²) in [6.07, 6.45) is 3.79. The van der Waals surface area contributed by atoms with Gasteiger partial charge in [-0.05, 0) is 81.1 Å². The van der Waals surface area contributed by atoms with Crippen LogP contribution < -0.4 is 10.6 Å². The number of hydrogen-bond donors (Lipinski definition) is 3. The molecule has 1 aliphatic heterocycles. The largest absolute Gasteiger partial charge is 0.383 e. The van der Waals surface area contributed by atoms with E-state index in [0.29, 0.717) is 6.54 Å². The molecule has 0 spiro atoms. The molecule has 1 fully saturated rings. The Hall–Kier alpha value is -1.11. The summed E-state index contributed by atoms with van der Waals surface area (Å²) < 4.78 is 0. The van der Waals surface area contributed by atoms with Crippen molar-refractivity contribution < 1.29 is 5.11 Å². The molecule has 142 valence electrons. The maximum absolute atomic E-state index is 10.6. The zero-order valence-corrected chi connectivity index (χ0v) is 16.7. The first-order valence-corrected chi connectivity index (χ1v) is 10.5. The van der Waals surface area contributed by atoms with Crippen LogP contribution in [0.5, 0.6) is 0 Å². The Morgan fingerprint density at radius 3 is 2.72 bits per heavy atom. The molecule has 3 N–H and O–H groups in total. The lowest BCUT2D eigenvalue weighted by atomic mass is 9.93. The van der Waals surface area contributed by atoms with E-state index >= 15 is 0 Å². The smallest absolute Gasteiger partial charge is 0.191 e. The third-order valence-corrected chi connectivity index (χ3v) is 5.71. The van der Waals surface area contributed by atoms with Gasteiger partial charge in [-0.1, -0.05) is 6.92 Å². The minimum atomic E-state index is -0.921. The van der Waals surface area contributed by atoms with Crippen molar-refractivity contribution in [1.82, 2.24) is 15.5 Å². The molecule has 1 saturated heterocycles. The fourth-order valence-corrected chi connectivity index (χ4v) is 4.01. The number of thiophene rings is 1. The zero-order valence-electron chi connectivity index (χ0n) is 15.9. The summed E-state index contributed by atoms with van der Waals surface area (Å²) in [5.74, 6) is 1.61. The van der Waals surface area contributed by atoms with Gasteiger partial charge in [-0.25, -0.2) is 4.99 Å². The minimum Gasteiger partial charge on any atom is -0.383 e. The molecule has 1 aromatic heterocycles. The van der Waals surface area contributed by atoms with Crippen LogP contribution in [0.2, 0.25) is 0 Å². The first-order valence-electron chi connectivity index (χ1n) is 9.54. The third-order valence-electron chi connectivity index (χ3n) is 5.03. The molecule has 1 aliphatic rings. The molecule has 0 aliphatic carbocycles. The van der Waals surface area contributed by atoms with Gasteiger partial charge in [0.1, 0.15) is 5.60 Å². The summed E-state index contributed by atoms with van der Waals surface area (Å²) in [5, 5.41) is 21.3. The molecule has 25 heavy (non-hydrogen) atoms. The first-order chi connectivity index (χ1) is 12.0. The SMILES string of the molecule is CCNC(=NCC(C)(O)c1ccsc1)NCCC1CCN(CC)CC1. The van der Waals surface area contributed by atoms with Gasteiger partial charge in [0.05, 0.1) is 6.54 Å². The van der Waals surface area contributed by atoms with Crippen LogP contribution in [0.4, 0.5) is 0 Å². The lowest BCUT2D eigenvalue weighted by Gasteiger charge is -2.31. The second-order valence-electron chi connectivity index (χ2n) is 7.07. The Balaban J connectivity index is 1.78. The van der Waals surface area contributed by atoms with E-state index in [9.17, 15) is 5.11 Å². The number of aliphatic imine (C=N–C) groups is 1. The Morgan fingerprint density at radius 2 is 2.12 bits per heavy atom. The van der Waals surface area contributed by atoms with Crippen molar-refractivity contribution in [3.05, 3.63) is 22.4 Å². The molecule has 2 heterocycles. The Labute approximate surface area is 156 Å². The van der Waals surface area contributed by atoms with Crippen LogP contribution in [0.15, 0.2) is 21.8 Å². The molecule has 0 bridgehead atoms. The van der Waals surface area contributed by atoms with Crippen LogP contribution in [0.1, 0.15) is 45.6 Å². The molecular formula is C19H34N4OS.